The van der Waals surface area contributed by atoms with Crippen LogP contribution in [0, 0.1) is 0 Å². The maximum atomic E-state index is 6.05. The van der Waals surface area contributed by atoms with Crippen molar-refractivity contribution in [1.29, 1.82) is 0 Å². The van der Waals surface area contributed by atoms with Crippen molar-refractivity contribution in [3.05, 3.63) is 54.0 Å². The highest BCUT2D eigenvalue weighted by Gasteiger charge is 2.35. The van der Waals surface area contributed by atoms with Crippen LogP contribution in [-0.4, -0.2) is 40.9 Å². The molecule has 1 saturated heterocycles. The maximum Gasteiger partial charge on any atom is 0.246 e. The van der Waals surface area contributed by atoms with Gasteiger partial charge in [0.15, 0.2) is 11.5 Å². The maximum absolute atomic E-state index is 6.05. The van der Waals surface area contributed by atoms with E-state index in [1.807, 2.05) is 20.9 Å². The lowest BCUT2D eigenvalue weighted by molar-refractivity contribution is 0.171. The molecule has 0 amide bonds. The zero-order valence-electron chi connectivity index (χ0n) is 20.7. The van der Waals surface area contributed by atoms with E-state index in [0.717, 1.165) is 23.5 Å². The second-order valence-corrected chi connectivity index (χ2v) is 9.87. The highest BCUT2D eigenvalue weighted by molar-refractivity contribution is 6.09. The van der Waals surface area contributed by atoms with E-state index in [-0.39, 0.29) is 0 Å². The van der Waals surface area contributed by atoms with Crippen molar-refractivity contribution >= 4 is 17.2 Å². The molecule has 182 valence electrons. The minimum absolute atomic E-state index is 0.344. The molecule has 0 radical (unpaired) electrons. The van der Waals surface area contributed by atoms with Gasteiger partial charge in [-0.15, -0.1) is 0 Å². The lowest BCUT2D eigenvalue weighted by atomic mass is 9.83. The fraction of sp³-hybridized carbons (Fsp3) is 0.519. The Morgan fingerprint density at radius 2 is 1.82 bits per heavy atom. The number of benzene rings is 1. The number of likely N-dealkylation sites (N-methyl/N-ethyl adjacent to an activating group) is 1. The number of ether oxygens (including phenoxy) is 1. The largest absolute Gasteiger partial charge is 0.463 e. The van der Waals surface area contributed by atoms with Gasteiger partial charge in [-0.1, -0.05) is 50.1 Å². The number of nitrogen functional groups attached to an aromatic ring is 1. The fourth-order valence-electron chi connectivity index (χ4n) is 5.01. The molecular weight excluding hydrogens is 424 g/mol. The van der Waals surface area contributed by atoms with Crippen LogP contribution in [0.25, 0.3) is 0 Å². The first-order chi connectivity index (χ1) is 16.4. The molecule has 1 atom stereocenters. The number of nitrogens with one attached hydrogen (secondary N) is 2. The monoisotopic (exact) mass is 462 g/mol. The fourth-order valence-corrected chi connectivity index (χ4v) is 5.01. The summed E-state index contributed by atoms with van der Waals surface area (Å²) in [6.45, 7) is 9.03. The third-order valence-corrected chi connectivity index (χ3v) is 7.03. The topological polar surface area (TPSA) is 97.5 Å². The molecule has 3 heterocycles. The first-order valence-corrected chi connectivity index (χ1v) is 12.5. The van der Waals surface area contributed by atoms with Crippen molar-refractivity contribution in [3.8, 4) is 5.88 Å². The third kappa shape index (κ3) is 5.41. The highest BCUT2D eigenvalue weighted by Crippen LogP contribution is 2.39. The van der Waals surface area contributed by atoms with Gasteiger partial charge in [0.25, 0.3) is 0 Å². The Balaban J connectivity index is 0.000000257. The lowest BCUT2D eigenvalue weighted by Crippen LogP contribution is -2.41. The first kappa shape index (κ1) is 24.2. The normalized spacial score (nSPS) is 21.4. The number of anilines is 1. The molecule has 2 fully saturated rings. The van der Waals surface area contributed by atoms with Crippen molar-refractivity contribution in [1.82, 2.24) is 20.6 Å². The van der Waals surface area contributed by atoms with Crippen LogP contribution in [-0.2, 0) is 0 Å². The van der Waals surface area contributed by atoms with Crippen LogP contribution in [0.4, 0.5) is 11.5 Å². The number of nitrogens with zero attached hydrogens (tertiary/aromatic N) is 3. The van der Waals surface area contributed by atoms with Crippen molar-refractivity contribution in [2.45, 2.75) is 76.4 Å². The zero-order valence-corrected chi connectivity index (χ0v) is 20.7. The van der Waals surface area contributed by atoms with Gasteiger partial charge < -0.3 is 21.1 Å². The van der Waals surface area contributed by atoms with E-state index >= 15 is 0 Å². The Hall–Kier alpha value is -2.93. The summed E-state index contributed by atoms with van der Waals surface area (Å²) in [6.07, 6.45) is 10.6. The lowest BCUT2D eigenvalue weighted by Gasteiger charge is -2.32. The van der Waals surface area contributed by atoms with Crippen molar-refractivity contribution in [3.63, 3.8) is 0 Å². The van der Waals surface area contributed by atoms with E-state index < -0.39 is 5.60 Å². The molecule has 0 spiro atoms. The van der Waals surface area contributed by atoms with E-state index in [9.17, 15) is 0 Å². The number of aromatic nitrogens is 2. The summed E-state index contributed by atoms with van der Waals surface area (Å²) >= 11 is 0. The van der Waals surface area contributed by atoms with Crippen LogP contribution >= 0.6 is 0 Å². The Labute approximate surface area is 203 Å². The summed E-state index contributed by atoms with van der Waals surface area (Å²) < 4.78 is 6.05. The minimum atomic E-state index is -0.569. The molecular formula is C27H38N6O. The first-order valence-electron chi connectivity index (χ1n) is 12.5. The Morgan fingerprint density at radius 3 is 2.47 bits per heavy atom. The Kier molecular flexibility index (Phi) is 7.51. The smallest absolute Gasteiger partial charge is 0.246 e. The molecule has 2 aromatic rings. The molecule has 7 heteroatoms. The van der Waals surface area contributed by atoms with Gasteiger partial charge in [0.1, 0.15) is 11.9 Å². The van der Waals surface area contributed by atoms with E-state index in [1.165, 1.54) is 56.8 Å². The number of aliphatic imine (C=N–C) groups is 1. The number of fused-ring (bicyclic) bond motifs is 1. The molecule has 4 N–H and O–H groups in total. The number of rotatable bonds is 4. The van der Waals surface area contributed by atoms with Gasteiger partial charge >= 0.3 is 0 Å². The van der Waals surface area contributed by atoms with Crippen molar-refractivity contribution in [2.24, 2.45) is 4.99 Å². The quantitative estimate of drug-likeness (QED) is 0.600. The molecule has 1 aliphatic carbocycles. The second kappa shape index (κ2) is 10.6. The van der Waals surface area contributed by atoms with Gasteiger partial charge in [0.05, 0.1) is 5.71 Å². The van der Waals surface area contributed by atoms with Gasteiger partial charge in [-0.3, -0.25) is 0 Å². The van der Waals surface area contributed by atoms with Gasteiger partial charge in [-0.25, -0.2) is 9.98 Å². The summed E-state index contributed by atoms with van der Waals surface area (Å²) in [5.41, 5.74) is 10.4. The van der Waals surface area contributed by atoms with E-state index in [4.69, 9.17) is 15.5 Å². The predicted molar refractivity (Wildman–Crippen MR) is 139 cm³/mol. The standard InChI is InChI=1S/C20H24N4O.C7H14N2/c1-20(2)17(24-16-18(21)22-12-23-19(16)25-20)15-10-8-14(9-11-15)13-6-4-3-5-7-13;1-6(8-2)7-4-3-5-9-7/h8-13H,3-7H2,1-2H3,(H2,21,22,23);7-9H,1,3-5H2,2H3. The molecule has 1 unspecified atom stereocenters. The summed E-state index contributed by atoms with van der Waals surface area (Å²) in [5.74, 6) is 1.49. The summed E-state index contributed by atoms with van der Waals surface area (Å²) in [7, 11) is 1.92. The minimum Gasteiger partial charge on any atom is -0.463 e. The van der Waals surface area contributed by atoms with Crippen molar-refractivity contribution in [2.75, 3.05) is 19.3 Å². The van der Waals surface area contributed by atoms with E-state index in [1.54, 1.807) is 0 Å². The summed E-state index contributed by atoms with van der Waals surface area (Å²) in [4.78, 5) is 12.9. The van der Waals surface area contributed by atoms with Gasteiger partial charge in [-0.2, -0.15) is 4.98 Å². The van der Waals surface area contributed by atoms with Crippen LogP contribution in [0.5, 0.6) is 5.88 Å². The van der Waals surface area contributed by atoms with Crippen LogP contribution in [0.2, 0.25) is 0 Å². The van der Waals surface area contributed by atoms with Crippen LogP contribution < -0.4 is 21.1 Å². The molecule has 5 rings (SSSR count). The SMILES string of the molecule is C=C(NC)C1CCCN1.CC1(C)Oc2ncnc(N)c2N=C1c1ccc(C2CCCCC2)cc1. The number of hydrogen-bond acceptors (Lipinski definition) is 7. The summed E-state index contributed by atoms with van der Waals surface area (Å²) in [6, 6.07) is 9.31. The molecule has 7 nitrogen and oxygen atoms in total. The van der Waals surface area contributed by atoms with Gasteiger partial charge in [-0.05, 0) is 57.6 Å². The van der Waals surface area contributed by atoms with Gasteiger partial charge in [0, 0.05) is 24.4 Å². The predicted octanol–water partition coefficient (Wildman–Crippen LogP) is 4.87. The summed E-state index contributed by atoms with van der Waals surface area (Å²) in [5, 5.41) is 6.40. The number of nitrogens with two attached hydrogens (primary N) is 1. The van der Waals surface area contributed by atoms with E-state index in [0.29, 0.717) is 29.3 Å². The molecule has 1 aromatic carbocycles. The highest BCUT2D eigenvalue weighted by atomic mass is 16.5. The second-order valence-electron chi connectivity index (χ2n) is 9.87. The third-order valence-electron chi connectivity index (χ3n) is 7.03. The Morgan fingerprint density at radius 1 is 1.09 bits per heavy atom. The molecule has 3 aliphatic rings. The molecule has 2 aliphatic heterocycles. The average Bonchev–Trinajstić information content (AvgIpc) is 3.39. The molecule has 0 bridgehead atoms. The molecule has 1 saturated carbocycles. The Bertz CT molecular complexity index is 1020. The van der Waals surface area contributed by atoms with Gasteiger partial charge in [0.2, 0.25) is 5.88 Å². The number of hydrogen-bond donors (Lipinski definition) is 3. The zero-order chi connectivity index (χ0) is 24.1. The molecule has 1 aromatic heterocycles. The average molecular weight is 463 g/mol. The van der Waals surface area contributed by atoms with Crippen LogP contribution in [0.1, 0.15) is 75.8 Å². The van der Waals surface area contributed by atoms with Crippen molar-refractivity contribution < 1.29 is 4.74 Å². The van der Waals surface area contributed by atoms with Crippen LogP contribution in [0.3, 0.4) is 0 Å². The van der Waals surface area contributed by atoms with Crippen LogP contribution in [0.15, 0.2) is 47.9 Å². The molecule has 34 heavy (non-hydrogen) atoms. The van der Waals surface area contributed by atoms with E-state index in [2.05, 4.69) is 51.4 Å².